The van der Waals surface area contributed by atoms with E-state index in [-0.39, 0.29) is 28.7 Å². The Morgan fingerprint density at radius 2 is 1.66 bits per heavy atom. The average Bonchev–Trinajstić information content (AvgIpc) is 3.01. The Kier molecular flexibility index (Phi) is 7.38. The number of benzene rings is 2. The summed E-state index contributed by atoms with van der Waals surface area (Å²) in [6.07, 6.45) is 0. The van der Waals surface area contributed by atoms with Crippen LogP contribution in [0.1, 0.15) is 38.3 Å². The molecule has 0 fully saturated rings. The van der Waals surface area contributed by atoms with Gasteiger partial charge in [0, 0.05) is 13.1 Å². The number of carbonyl (C=O) groups excluding carboxylic acids is 1. The van der Waals surface area contributed by atoms with Crippen LogP contribution in [0.15, 0.2) is 47.4 Å². The second-order valence-electron chi connectivity index (χ2n) is 7.82. The summed E-state index contributed by atoms with van der Waals surface area (Å²) < 4.78 is 29.2. The molecule has 170 valence electrons. The maximum Gasteiger partial charge on any atom is 0.256 e. The lowest BCUT2D eigenvalue weighted by molar-refractivity contribution is 0.0954. The number of hydrogen-bond acceptors (Lipinski definition) is 4. The zero-order valence-electron chi connectivity index (χ0n) is 18.6. The van der Waals surface area contributed by atoms with Crippen LogP contribution in [0.5, 0.6) is 0 Å². The molecular weight excluding hydrogens is 448 g/mol. The summed E-state index contributed by atoms with van der Waals surface area (Å²) >= 11 is 6.43. The number of halogens is 1. The molecule has 0 unspecified atom stereocenters. The first-order chi connectivity index (χ1) is 15.1. The van der Waals surface area contributed by atoms with Gasteiger partial charge in [-0.3, -0.25) is 4.79 Å². The first kappa shape index (κ1) is 24.0. The highest BCUT2D eigenvalue weighted by molar-refractivity contribution is 7.89. The number of amides is 1. The molecule has 1 aromatic heterocycles. The number of aryl methyl sites for hydroxylation is 4. The van der Waals surface area contributed by atoms with E-state index in [4.69, 9.17) is 11.6 Å². The predicted molar refractivity (Wildman–Crippen MR) is 126 cm³/mol. The fourth-order valence-corrected chi connectivity index (χ4v) is 4.99. The number of sulfonamides is 1. The molecule has 32 heavy (non-hydrogen) atoms. The van der Waals surface area contributed by atoms with Gasteiger partial charge in [-0.15, -0.1) is 0 Å². The van der Waals surface area contributed by atoms with E-state index in [9.17, 15) is 13.2 Å². The van der Waals surface area contributed by atoms with Crippen molar-refractivity contribution in [2.75, 3.05) is 13.1 Å². The largest absolute Gasteiger partial charge is 0.351 e. The van der Waals surface area contributed by atoms with Crippen LogP contribution in [0.4, 0.5) is 0 Å². The van der Waals surface area contributed by atoms with Crippen molar-refractivity contribution < 1.29 is 13.2 Å². The molecule has 0 radical (unpaired) electrons. The van der Waals surface area contributed by atoms with Gasteiger partial charge in [0.1, 0.15) is 5.15 Å². The minimum Gasteiger partial charge on any atom is -0.351 e. The van der Waals surface area contributed by atoms with Crippen molar-refractivity contribution >= 4 is 27.5 Å². The summed E-state index contributed by atoms with van der Waals surface area (Å²) in [5.74, 6) is -0.395. The molecule has 0 bridgehead atoms. The molecule has 0 saturated carbocycles. The van der Waals surface area contributed by atoms with Crippen molar-refractivity contribution in [1.82, 2.24) is 19.8 Å². The van der Waals surface area contributed by atoms with Crippen LogP contribution in [-0.4, -0.2) is 37.2 Å². The van der Waals surface area contributed by atoms with E-state index in [0.717, 1.165) is 16.7 Å². The van der Waals surface area contributed by atoms with Gasteiger partial charge in [-0.2, -0.15) is 5.10 Å². The third kappa shape index (κ3) is 5.56. The molecule has 7 nitrogen and oxygen atoms in total. The lowest BCUT2D eigenvalue weighted by atomic mass is 10.1. The molecule has 0 aliphatic rings. The summed E-state index contributed by atoms with van der Waals surface area (Å²) in [5.41, 5.74) is 4.50. The molecule has 1 heterocycles. The molecule has 2 N–H and O–H groups in total. The average molecular weight is 475 g/mol. The van der Waals surface area contributed by atoms with Gasteiger partial charge in [-0.05, 0) is 50.5 Å². The van der Waals surface area contributed by atoms with Gasteiger partial charge in [0.05, 0.1) is 22.7 Å². The smallest absolute Gasteiger partial charge is 0.256 e. The molecular formula is C23H27ClN4O3S. The van der Waals surface area contributed by atoms with Crippen molar-refractivity contribution in [2.24, 2.45) is 0 Å². The molecule has 0 atom stereocenters. The summed E-state index contributed by atoms with van der Waals surface area (Å²) in [7, 11) is -3.67. The molecule has 1 amide bonds. The highest BCUT2D eigenvalue weighted by atomic mass is 35.5. The van der Waals surface area contributed by atoms with Crippen LogP contribution >= 0.6 is 11.6 Å². The van der Waals surface area contributed by atoms with Gasteiger partial charge in [0.2, 0.25) is 10.0 Å². The number of rotatable bonds is 8. The number of hydrogen-bond donors (Lipinski definition) is 2. The maximum atomic E-state index is 12.7. The van der Waals surface area contributed by atoms with Gasteiger partial charge in [0.15, 0.2) is 0 Å². The minimum atomic E-state index is -3.67. The summed E-state index contributed by atoms with van der Waals surface area (Å²) in [4.78, 5) is 12.9. The summed E-state index contributed by atoms with van der Waals surface area (Å²) in [5, 5.41) is 7.34. The van der Waals surface area contributed by atoms with E-state index in [2.05, 4.69) is 15.1 Å². The molecule has 9 heteroatoms. The van der Waals surface area contributed by atoms with Crippen LogP contribution < -0.4 is 10.0 Å². The van der Waals surface area contributed by atoms with Crippen molar-refractivity contribution in [3.8, 4) is 0 Å². The summed E-state index contributed by atoms with van der Waals surface area (Å²) in [6, 6.07) is 13.3. The molecule has 0 saturated heterocycles. The first-order valence-electron chi connectivity index (χ1n) is 10.2. The number of nitrogens with one attached hydrogen (secondary N) is 2. The summed E-state index contributed by atoms with van der Waals surface area (Å²) in [6.45, 7) is 7.92. The molecule has 3 rings (SSSR count). The van der Waals surface area contributed by atoms with Gasteiger partial charge >= 0.3 is 0 Å². The zero-order valence-corrected chi connectivity index (χ0v) is 20.1. The van der Waals surface area contributed by atoms with E-state index >= 15 is 0 Å². The van der Waals surface area contributed by atoms with E-state index in [1.54, 1.807) is 30.7 Å². The van der Waals surface area contributed by atoms with E-state index in [0.29, 0.717) is 17.8 Å². The van der Waals surface area contributed by atoms with E-state index in [1.807, 2.05) is 44.2 Å². The van der Waals surface area contributed by atoms with Gasteiger partial charge in [-0.1, -0.05) is 53.6 Å². The molecule has 0 spiro atoms. The van der Waals surface area contributed by atoms with Crippen LogP contribution in [0.3, 0.4) is 0 Å². The quantitative estimate of drug-likeness (QED) is 0.488. The van der Waals surface area contributed by atoms with E-state index < -0.39 is 15.9 Å². The van der Waals surface area contributed by atoms with Gasteiger partial charge < -0.3 is 5.32 Å². The van der Waals surface area contributed by atoms with Crippen LogP contribution in [-0.2, 0) is 16.6 Å². The van der Waals surface area contributed by atoms with Crippen LogP contribution in [0.2, 0.25) is 5.15 Å². The van der Waals surface area contributed by atoms with Gasteiger partial charge in [0.25, 0.3) is 5.91 Å². The molecule has 2 aromatic carbocycles. The van der Waals surface area contributed by atoms with Crippen LogP contribution in [0, 0.1) is 27.7 Å². The SMILES string of the molecule is Cc1ccc(Cn2nc(C)c(C(=O)NCCNS(=O)(=O)c3cc(C)ccc3C)c2Cl)cc1. The van der Waals surface area contributed by atoms with Crippen LogP contribution in [0.25, 0.3) is 0 Å². The molecule has 0 aliphatic carbocycles. The Morgan fingerprint density at radius 1 is 1.00 bits per heavy atom. The Labute approximate surface area is 193 Å². The number of aromatic nitrogens is 2. The standard InChI is InChI=1S/C23H27ClN4O3S/c1-15-6-9-19(10-7-15)14-28-22(24)21(18(4)27-28)23(29)25-11-12-26-32(30,31)20-13-16(2)5-8-17(20)3/h5-10,13,26H,11-12,14H2,1-4H3,(H,25,29). The Bertz CT molecular complexity index is 1230. The highest BCUT2D eigenvalue weighted by Gasteiger charge is 2.21. The third-order valence-electron chi connectivity index (χ3n) is 5.08. The van der Waals surface area contributed by atoms with Crippen molar-refractivity contribution in [3.05, 3.63) is 81.1 Å². The first-order valence-corrected chi connectivity index (χ1v) is 12.1. The molecule has 3 aromatic rings. The predicted octanol–water partition coefficient (Wildman–Crippen LogP) is 3.53. The van der Waals surface area contributed by atoms with Crippen molar-refractivity contribution in [1.29, 1.82) is 0 Å². The second kappa shape index (κ2) is 9.85. The maximum absolute atomic E-state index is 12.7. The fraction of sp³-hybridized carbons (Fsp3) is 0.304. The highest BCUT2D eigenvalue weighted by Crippen LogP contribution is 2.21. The lowest BCUT2D eigenvalue weighted by Crippen LogP contribution is -2.35. The Morgan fingerprint density at radius 3 is 2.34 bits per heavy atom. The van der Waals surface area contributed by atoms with E-state index in [1.165, 1.54) is 0 Å². The lowest BCUT2D eigenvalue weighted by Gasteiger charge is -2.11. The monoisotopic (exact) mass is 474 g/mol. The minimum absolute atomic E-state index is 0.0512. The number of nitrogens with zero attached hydrogens (tertiary/aromatic N) is 2. The number of carbonyl (C=O) groups is 1. The zero-order chi connectivity index (χ0) is 23.5. The normalized spacial score (nSPS) is 11.5. The van der Waals surface area contributed by atoms with Gasteiger partial charge in [-0.25, -0.2) is 17.8 Å². The van der Waals surface area contributed by atoms with Crippen molar-refractivity contribution in [3.63, 3.8) is 0 Å². The Balaban J connectivity index is 1.61. The third-order valence-corrected chi connectivity index (χ3v) is 7.07. The second-order valence-corrected chi connectivity index (χ2v) is 9.91. The fourth-order valence-electron chi connectivity index (χ4n) is 3.31. The van der Waals surface area contributed by atoms with Crippen molar-refractivity contribution in [2.45, 2.75) is 39.1 Å². The Hall–Kier alpha value is -2.68. The molecule has 0 aliphatic heterocycles. The topological polar surface area (TPSA) is 93.1 Å².